The Morgan fingerprint density at radius 2 is 1.96 bits per heavy atom. The van der Waals surface area contributed by atoms with Gasteiger partial charge >= 0.3 is 5.97 Å². The van der Waals surface area contributed by atoms with Crippen LogP contribution < -0.4 is 0 Å². The van der Waals surface area contributed by atoms with Gasteiger partial charge in [0.25, 0.3) is 0 Å². The van der Waals surface area contributed by atoms with Gasteiger partial charge in [0.1, 0.15) is 10.7 Å². The van der Waals surface area contributed by atoms with Gasteiger partial charge in [-0.05, 0) is 43.5 Å². The summed E-state index contributed by atoms with van der Waals surface area (Å²) < 4.78 is 19.2. The summed E-state index contributed by atoms with van der Waals surface area (Å²) in [5, 5.41) is 9.58. The normalized spacial score (nSPS) is 12.7. The lowest BCUT2D eigenvalue weighted by molar-refractivity contribution is -0.151. The average Bonchev–Trinajstić information content (AvgIpc) is 2.96. The summed E-state index contributed by atoms with van der Waals surface area (Å²) in [7, 11) is 1.31. The highest BCUT2D eigenvalue weighted by Crippen LogP contribution is 2.45. The molecule has 140 valence electrons. The zero-order chi connectivity index (χ0) is 19.6. The fourth-order valence-electron chi connectivity index (χ4n) is 3.13. The van der Waals surface area contributed by atoms with Gasteiger partial charge in [-0.25, -0.2) is 4.39 Å². The van der Waals surface area contributed by atoms with Gasteiger partial charge in [0, 0.05) is 17.7 Å². The van der Waals surface area contributed by atoms with Crippen molar-refractivity contribution >= 4 is 23.1 Å². The van der Waals surface area contributed by atoms with Crippen LogP contribution in [0.15, 0.2) is 24.3 Å². The first-order valence-electron chi connectivity index (χ1n) is 8.22. The minimum absolute atomic E-state index is 0.0418. The molecule has 4 nitrogen and oxygen atoms in total. The van der Waals surface area contributed by atoms with Gasteiger partial charge in [-0.2, -0.15) is 0 Å². The number of carbonyl (C=O) groups is 2. The maximum absolute atomic E-state index is 14.3. The van der Waals surface area contributed by atoms with Crippen LogP contribution in [0.1, 0.15) is 57.9 Å². The largest absolute Gasteiger partial charge is 0.469 e. The number of rotatable bonds is 6. The second kappa shape index (κ2) is 7.68. The van der Waals surface area contributed by atoms with Gasteiger partial charge in [-0.1, -0.05) is 18.2 Å². The summed E-state index contributed by atoms with van der Waals surface area (Å²) in [6.07, 6.45) is 0. The number of Topliss-reactive ketones (excluding diaryl/α,β-unsaturated/α-hetero) is 1. The van der Waals surface area contributed by atoms with E-state index >= 15 is 0 Å². The summed E-state index contributed by atoms with van der Waals surface area (Å²) in [6.45, 7) is 6.52. The van der Waals surface area contributed by atoms with E-state index in [1.807, 2.05) is 25.1 Å². The van der Waals surface area contributed by atoms with Crippen molar-refractivity contribution < 1.29 is 23.8 Å². The molecule has 0 bridgehead atoms. The molecule has 0 aliphatic carbocycles. The molecule has 0 aliphatic rings. The number of aliphatic hydroxyl groups excluding tert-OH is 1. The molecule has 2 aromatic rings. The van der Waals surface area contributed by atoms with Crippen molar-refractivity contribution in [3.05, 3.63) is 56.5 Å². The molecular weight excluding hydrogens is 355 g/mol. The molecule has 0 aliphatic heterocycles. The quantitative estimate of drug-likeness (QED) is 0.604. The lowest BCUT2D eigenvalue weighted by atomic mass is 9.73. The Kier molecular flexibility index (Phi) is 5.98. The number of esters is 1. The number of ketones is 1. The van der Waals surface area contributed by atoms with E-state index in [-0.39, 0.29) is 17.3 Å². The first-order valence-corrected chi connectivity index (χ1v) is 9.04. The van der Waals surface area contributed by atoms with E-state index in [1.54, 1.807) is 13.8 Å². The van der Waals surface area contributed by atoms with Crippen LogP contribution >= 0.6 is 11.3 Å². The Morgan fingerprint density at radius 1 is 1.31 bits per heavy atom. The molecule has 2 rings (SSSR count). The number of halogens is 1. The average molecular weight is 378 g/mol. The summed E-state index contributed by atoms with van der Waals surface area (Å²) in [6, 6.07) is 6.84. The maximum Gasteiger partial charge on any atom is 0.312 e. The number of methoxy groups -OCH3 is 1. The first-order chi connectivity index (χ1) is 12.1. The number of thiophene rings is 1. The minimum Gasteiger partial charge on any atom is -0.469 e. The smallest absolute Gasteiger partial charge is 0.312 e. The van der Waals surface area contributed by atoms with E-state index in [9.17, 15) is 19.1 Å². The molecule has 6 heteroatoms. The molecule has 0 spiro atoms. The monoisotopic (exact) mass is 378 g/mol. The molecule has 1 unspecified atom stereocenters. The second-order valence-electron chi connectivity index (χ2n) is 6.87. The first kappa shape index (κ1) is 20.3. The standard InChI is InChI=1S/C20H23FO4S/c1-11-6-7-13(8-14(11)10-22)17(20(3,4)19(24)25-5)16-9-15(21)18(26-16)12(2)23/h6-9,17,22H,10H2,1-5H3. The summed E-state index contributed by atoms with van der Waals surface area (Å²) in [5.74, 6) is -1.90. The van der Waals surface area contributed by atoms with E-state index in [4.69, 9.17) is 4.74 Å². The lowest BCUT2D eigenvalue weighted by Gasteiger charge is -2.32. The maximum atomic E-state index is 14.3. The molecule has 1 N–H and O–H groups in total. The molecule has 1 atom stereocenters. The van der Waals surface area contributed by atoms with Gasteiger partial charge in [-0.15, -0.1) is 11.3 Å². The third kappa shape index (κ3) is 3.71. The summed E-state index contributed by atoms with van der Waals surface area (Å²) in [5.41, 5.74) is 1.42. The number of ether oxygens (including phenoxy) is 1. The van der Waals surface area contributed by atoms with Gasteiger partial charge in [0.2, 0.25) is 0 Å². The van der Waals surface area contributed by atoms with Crippen molar-refractivity contribution in [1.29, 1.82) is 0 Å². The van der Waals surface area contributed by atoms with Crippen molar-refractivity contribution in [2.75, 3.05) is 7.11 Å². The highest BCUT2D eigenvalue weighted by Gasteiger charge is 2.41. The van der Waals surface area contributed by atoms with Crippen LogP contribution in [0, 0.1) is 18.2 Å². The van der Waals surface area contributed by atoms with E-state index in [0.717, 1.165) is 28.0 Å². The number of aryl methyl sites for hydroxylation is 1. The summed E-state index contributed by atoms with van der Waals surface area (Å²) in [4.78, 5) is 24.7. The molecule has 0 saturated carbocycles. The van der Waals surface area contributed by atoms with Crippen molar-refractivity contribution in [2.45, 2.75) is 40.2 Å². The molecule has 0 saturated heterocycles. The molecule has 26 heavy (non-hydrogen) atoms. The Labute approximate surface area is 156 Å². The Bertz CT molecular complexity index is 838. The highest BCUT2D eigenvalue weighted by molar-refractivity contribution is 7.14. The molecule has 0 fully saturated rings. The third-order valence-corrected chi connectivity index (χ3v) is 5.90. The Hall–Kier alpha value is -2.05. The van der Waals surface area contributed by atoms with Crippen LogP contribution in [0.4, 0.5) is 4.39 Å². The molecule has 1 aromatic carbocycles. The molecular formula is C20H23FO4S. The lowest BCUT2D eigenvalue weighted by Crippen LogP contribution is -2.33. The number of hydrogen-bond donors (Lipinski definition) is 1. The number of benzene rings is 1. The van der Waals surface area contributed by atoms with E-state index in [2.05, 4.69) is 0 Å². The zero-order valence-corrected chi connectivity index (χ0v) is 16.4. The fourth-order valence-corrected chi connectivity index (χ4v) is 4.37. The van der Waals surface area contributed by atoms with Crippen molar-refractivity contribution in [3.63, 3.8) is 0 Å². The number of carbonyl (C=O) groups excluding carboxylic acids is 2. The molecule has 0 amide bonds. The van der Waals surface area contributed by atoms with E-state index < -0.39 is 23.1 Å². The van der Waals surface area contributed by atoms with Crippen molar-refractivity contribution in [1.82, 2.24) is 0 Å². The van der Waals surface area contributed by atoms with Gasteiger partial charge < -0.3 is 9.84 Å². The van der Waals surface area contributed by atoms with Crippen LogP contribution in [0.2, 0.25) is 0 Å². The van der Waals surface area contributed by atoms with Crippen molar-refractivity contribution in [2.24, 2.45) is 5.41 Å². The SMILES string of the molecule is COC(=O)C(C)(C)C(c1ccc(C)c(CO)c1)c1cc(F)c(C(C)=O)s1. The number of aliphatic hydroxyl groups is 1. The Morgan fingerprint density at radius 3 is 2.46 bits per heavy atom. The fraction of sp³-hybridized carbons (Fsp3) is 0.400. The minimum atomic E-state index is -0.998. The molecule has 1 heterocycles. The van der Waals surface area contributed by atoms with E-state index in [1.165, 1.54) is 20.1 Å². The molecule has 1 aromatic heterocycles. The van der Waals surface area contributed by atoms with Crippen LogP contribution in [0.5, 0.6) is 0 Å². The van der Waals surface area contributed by atoms with Gasteiger partial charge in [0.15, 0.2) is 5.78 Å². The van der Waals surface area contributed by atoms with Crippen molar-refractivity contribution in [3.8, 4) is 0 Å². The zero-order valence-electron chi connectivity index (χ0n) is 15.6. The molecule has 0 radical (unpaired) electrons. The summed E-state index contributed by atoms with van der Waals surface area (Å²) >= 11 is 1.05. The van der Waals surface area contributed by atoms with Crippen LogP contribution in [-0.4, -0.2) is 24.0 Å². The van der Waals surface area contributed by atoms with Crippen LogP contribution in [0.25, 0.3) is 0 Å². The van der Waals surface area contributed by atoms with Gasteiger partial charge in [0.05, 0.1) is 19.1 Å². The second-order valence-corrected chi connectivity index (χ2v) is 7.96. The van der Waals surface area contributed by atoms with Gasteiger partial charge in [-0.3, -0.25) is 9.59 Å². The Balaban J connectivity index is 2.69. The van der Waals surface area contributed by atoms with E-state index in [0.29, 0.717) is 4.88 Å². The highest BCUT2D eigenvalue weighted by atomic mass is 32.1. The third-order valence-electron chi connectivity index (χ3n) is 4.62. The predicted octanol–water partition coefficient (Wildman–Crippen LogP) is 4.22. The topological polar surface area (TPSA) is 63.6 Å². The van der Waals surface area contributed by atoms with Crippen LogP contribution in [0.3, 0.4) is 0 Å². The van der Waals surface area contributed by atoms with Crippen LogP contribution in [-0.2, 0) is 16.1 Å². The predicted molar refractivity (Wildman–Crippen MR) is 99.0 cm³/mol. The number of hydrogen-bond acceptors (Lipinski definition) is 5.